The van der Waals surface area contributed by atoms with E-state index >= 15 is 0 Å². The van der Waals surface area contributed by atoms with Gasteiger partial charge in [-0.1, -0.05) is 46.0 Å². The first-order chi connectivity index (χ1) is 10.1. The molecule has 0 bridgehead atoms. The predicted molar refractivity (Wildman–Crippen MR) is 95.4 cm³/mol. The minimum absolute atomic E-state index is 0. The fourth-order valence-corrected chi connectivity index (χ4v) is 4.16. The lowest BCUT2D eigenvalue weighted by Gasteiger charge is -2.31. The molecule has 2 rings (SSSR count). The quantitative estimate of drug-likeness (QED) is 0.805. The van der Waals surface area contributed by atoms with Crippen molar-refractivity contribution < 1.29 is 4.79 Å². The first-order valence-corrected chi connectivity index (χ1v) is 9.05. The Bertz CT molecular complexity index is 329. The zero-order valence-corrected chi connectivity index (χ0v) is 15.5. The fraction of sp³-hybridized carbons (Fsp3) is 0.944. The van der Waals surface area contributed by atoms with Crippen molar-refractivity contribution in [2.24, 2.45) is 23.7 Å². The van der Waals surface area contributed by atoms with Crippen LogP contribution in [0.2, 0.25) is 0 Å². The van der Waals surface area contributed by atoms with E-state index in [0.717, 1.165) is 32.0 Å². The summed E-state index contributed by atoms with van der Waals surface area (Å²) in [7, 11) is 2.00. The Morgan fingerprint density at radius 2 is 1.82 bits per heavy atom. The van der Waals surface area contributed by atoms with Gasteiger partial charge in [0.25, 0.3) is 0 Å². The van der Waals surface area contributed by atoms with Crippen LogP contribution in [0.25, 0.3) is 0 Å². The zero-order chi connectivity index (χ0) is 15.2. The van der Waals surface area contributed by atoms with Gasteiger partial charge in [0.15, 0.2) is 0 Å². The lowest BCUT2D eigenvalue weighted by atomic mass is 9.79. The average molecular weight is 331 g/mol. The Hall–Kier alpha value is -0.280. The minimum Gasteiger partial charge on any atom is -0.342 e. The van der Waals surface area contributed by atoms with Gasteiger partial charge in [-0.2, -0.15) is 0 Å². The Morgan fingerprint density at radius 3 is 2.41 bits per heavy atom. The molecule has 2 fully saturated rings. The van der Waals surface area contributed by atoms with Gasteiger partial charge in [0, 0.05) is 19.0 Å². The van der Waals surface area contributed by atoms with Crippen LogP contribution in [0.3, 0.4) is 0 Å². The van der Waals surface area contributed by atoms with Crippen LogP contribution in [-0.2, 0) is 4.79 Å². The molecule has 0 spiro atoms. The molecule has 1 N–H and O–H groups in total. The fourth-order valence-electron chi connectivity index (χ4n) is 4.16. The molecule has 2 atom stereocenters. The van der Waals surface area contributed by atoms with Crippen molar-refractivity contribution in [3.05, 3.63) is 0 Å². The maximum Gasteiger partial charge on any atom is 0.225 e. The smallest absolute Gasteiger partial charge is 0.225 e. The molecule has 2 aliphatic rings. The molecule has 0 aromatic heterocycles. The molecule has 0 aromatic carbocycles. The van der Waals surface area contributed by atoms with Gasteiger partial charge in [0.05, 0.1) is 0 Å². The van der Waals surface area contributed by atoms with E-state index in [4.69, 9.17) is 0 Å². The van der Waals surface area contributed by atoms with Crippen molar-refractivity contribution in [3.63, 3.8) is 0 Å². The van der Waals surface area contributed by atoms with Gasteiger partial charge in [-0.05, 0) is 44.2 Å². The predicted octanol–water partition coefficient (Wildman–Crippen LogP) is 3.72. The van der Waals surface area contributed by atoms with Crippen molar-refractivity contribution in [1.82, 2.24) is 10.2 Å². The van der Waals surface area contributed by atoms with Crippen molar-refractivity contribution in [1.29, 1.82) is 0 Å². The molecule has 1 aliphatic heterocycles. The summed E-state index contributed by atoms with van der Waals surface area (Å²) in [6, 6.07) is 0. The first kappa shape index (κ1) is 19.8. The zero-order valence-electron chi connectivity index (χ0n) is 14.6. The second-order valence-corrected chi connectivity index (χ2v) is 7.59. The molecule has 1 heterocycles. The van der Waals surface area contributed by atoms with Crippen molar-refractivity contribution in [2.45, 2.75) is 58.8 Å². The molecule has 2 unspecified atom stereocenters. The molecule has 130 valence electrons. The van der Waals surface area contributed by atoms with E-state index in [1.54, 1.807) is 0 Å². The summed E-state index contributed by atoms with van der Waals surface area (Å²) in [5.74, 6) is 2.62. The van der Waals surface area contributed by atoms with Gasteiger partial charge in [-0.3, -0.25) is 4.79 Å². The number of nitrogens with one attached hydrogen (secondary N) is 1. The second kappa shape index (κ2) is 9.77. The molecule has 0 radical (unpaired) electrons. The van der Waals surface area contributed by atoms with Crippen LogP contribution >= 0.6 is 12.4 Å². The maximum atomic E-state index is 12.9. The topological polar surface area (TPSA) is 32.3 Å². The van der Waals surface area contributed by atoms with Crippen LogP contribution in [0.5, 0.6) is 0 Å². The van der Waals surface area contributed by atoms with Crippen LogP contribution in [0.4, 0.5) is 0 Å². The van der Waals surface area contributed by atoms with Crippen LogP contribution < -0.4 is 5.32 Å². The Morgan fingerprint density at radius 1 is 1.14 bits per heavy atom. The van der Waals surface area contributed by atoms with E-state index < -0.39 is 0 Å². The molecule has 0 aromatic rings. The van der Waals surface area contributed by atoms with Crippen molar-refractivity contribution >= 4 is 18.3 Å². The highest BCUT2D eigenvalue weighted by molar-refractivity contribution is 5.85. The third kappa shape index (κ3) is 5.42. The van der Waals surface area contributed by atoms with E-state index in [1.807, 2.05) is 7.05 Å². The van der Waals surface area contributed by atoms with Gasteiger partial charge in [0.2, 0.25) is 5.91 Å². The average Bonchev–Trinajstić information content (AvgIpc) is 2.94. The summed E-state index contributed by atoms with van der Waals surface area (Å²) in [6.45, 7) is 7.43. The minimum atomic E-state index is 0. The summed E-state index contributed by atoms with van der Waals surface area (Å²) >= 11 is 0. The Kier molecular flexibility index (Phi) is 8.78. The molecule has 1 saturated heterocycles. The molecular formula is C18H35ClN2O. The van der Waals surface area contributed by atoms with Gasteiger partial charge in [-0.15, -0.1) is 12.4 Å². The standard InChI is InChI=1S/C18H34N2O.ClH/c1-14(2)17(11-15-7-5-4-6-8-15)18(21)20-10-9-16(13-20)12-19-3;/h14-17,19H,4-13H2,1-3H3;1H. The Balaban J connectivity index is 0.00000242. The van der Waals surface area contributed by atoms with Crippen LogP contribution in [-0.4, -0.2) is 37.5 Å². The number of rotatable bonds is 6. The number of carbonyl (C=O) groups is 1. The van der Waals surface area contributed by atoms with E-state index in [2.05, 4.69) is 24.1 Å². The SMILES string of the molecule is CNCC1CCN(C(=O)C(CC2CCCCC2)C(C)C)C1.Cl. The summed E-state index contributed by atoms with van der Waals surface area (Å²) in [5.41, 5.74) is 0. The monoisotopic (exact) mass is 330 g/mol. The number of likely N-dealkylation sites (tertiary alicyclic amines) is 1. The summed E-state index contributed by atoms with van der Waals surface area (Å²) < 4.78 is 0. The lowest BCUT2D eigenvalue weighted by molar-refractivity contribution is -0.136. The molecule has 3 nitrogen and oxygen atoms in total. The maximum absolute atomic E-state index is 12.9. The van der Waals surface area contributed by atoms with Crippen LogP contribution in [0.1, 0.15) is 58.8 Å². The highest BCUT2D eigenvalue weighted by atomic mass is 35.5. The van der Waals surface area contributed by atoms with Gasteiger partial charge >= 0.3 is 0 Å². The normalized spacial score (nSPS) is 24.4. The number of nitrogens with zero attached hydrogens (tertiary/aromatic N) is 1. The summed E-state index contributed by atoms with van der Waals surface area (Å²) in [4.78, 5) is 15.1. The van der Waals surface area contributed by atoms with E-state index in [9.17, 15) is 4.79 Å². The second-order valence-electron chi connectivity index (χ2n) is 7.59. The first-order valence-electron chi connectivity index (χ1n) is 9.05. The number of amides is 1. The van der Waals surface area contributed by atoms with E-state index in [1.165, 1.54) is 38.5 Å². The van der Waals surface area contributed by atoms with Crippen LogP contribution in [0, 0.1) is 23.7 Å². The van der Waals surface area contributed by atoms with E-state index in [0.29, 0.717) is 17.7 Å². The number of hydrogen-bond donors (Lipinski definition) is 1. The van der Waals surface area contributed by atoms with Gasteiger partial charge in [-0.25, -0.2) is 0 Å². The largest absolute Gasteiger partial charge is 0.342 e. The van der Waals surface area contributed by atoms with Crippen molar-refractivity contribution in [3.8, 4) is 0 Å². The molecule has 22 heavy (non-hydrogen) atoms. The van der Waals surface area contributed by atoms with Gasteiger partial charge in [0.1, 0.15) is 0 Å². The Labute approximate surface area is 143 Å². The summed E-state index contributed by atoms with van der Waals surface area (Å²) in [6.07, 6.45) is 9.13. The number of hydrogen-bond acceptors (Lipinski definition) is 2. The number of halogens is 1. The summed E-state index contributed by atoms with van der Waals surface area (Å²) in [5, 5.41) is 3.25. The third-order valence-corrected chi connectivity index (χ3v) is 5.52. The lowest BCUT2D eigenvalue weighted by Crippen LogP contribution is -2.38. The molecule has 4 heteroatoms. The molecule has 1 aliphatic carbocycles. The highest BCUT2D eigenvalue weighted by Crippen LogP contribution is 2.33. The van der Waals surface area contributed by atoms with Gasteiger partial charge < -0.3 is 10.2 Å². The van der Waals surface area contributed by atoms with Crippen molar-refractivity contribution in [2.75, 3.05) is 26.7 Å². The molecular weight excluding hydrogens is 296 g/mol. The van der Waals surface area contributed by atoms with E-state index in [-0.39, 0.29) is 18.3 Å². The molecule has 1 amide bonds. The third-order valence-electron chi connectivity index (χ3n) is 5.52. The highest BCUT2D eigenvalue weighted by Gasteiger charge is 2.33. The van der Waals surface area contributed by atoms with Crippen LogP contribution in [0.15, 0.2) is 0 Å². The number of carbonyl (C=O) groups excluding carboxylic acids is 1. The molecule has 1 saturated carbocycles.